The van der Waals surface area contributed by atoms with Crippen LogP contribution in [0.4, 0.5) is 13.2 Å². The van der Waals surface area contributed by atoms with Crippen molar-refractivity contribution >= 4 is 11.4 Å². The summed E-state index contributed by atoms with van der Waals surface area (Å²) >= 11 is 0. The van der Waals surface area contributed by atoms with Crippen molar-refractivity contribution in [3.8, 4) is 5.75 Å². The number of ketones is 1. The smallest absolute Gasteiger partial charge is 0.435 e. The van der Waals surface area contributed by atoms with Gasteiger partial charge in [0.2, 0.25) is 0 Å². The number of methoxy groups -OCH3 is 1. The van der Waals surface area contributed by atoms with Crippen molar-refractivity contribution in [1.29, 1.82) is 0 Å². The highest BCUT2D eigenvalue weighted by atomic mass is 19.4. The number of alkyl halides is 3. The molecule has 0 saturated carbocycles. The highest BCUT2D eigenvalue weighted by molar-refractivity contribution is 5.94. The Morgan fingerprint density at radius 2 is 2.11 bits per heavy atom. The fraction of sp³-hybridized carbons (Fsp3) is 0.273. The van der Waals surface area contributed by atoms with Gasteiger partial charge in [-0.2, -0.15) is 13.2 Å². The summed E-state index contributed by atoms with van der Waals surface area (Å²) in [6.45, 7) is 1.07. The molecular weight excluding hydrogens is 249 g/mol. The van der Waals surface area contributed by atoms with Crippen LogP contribution in [0.1, 0.15) is 23.1 Å². The average Bonchev–Trinajstić information content (AvgIpc) is 2.66. The standard InChI is InChI=1S/C11H9F3N2O2/c1-6(17)9-10(11(12,13)14)15-8-5-7(18-2)3-4-16(8)9/h3-5H,1-2H3. The van der Waals surface area contributed by atoms with Crippen LogP contribution in [-0.2, 0) is 6.18 Å². The average molecular weight is 258 g/mol. The maximum absolute atomic E-state index is 12.8. The van der Waals surface area contributed by atoms with Crippen LogP contribution in [0.2, 0.25) is 0 Å². The maximum atomic E-state index is 12.8. The quantitative estimate of drug-likeness (QED) is 0.777. The second-order valence-electron chi connectivity index (χ2n) is 3.66. The second-order valence-corrected chi connectivity index (χ2v) is 3.66. The van der Waals surface area contributed by atoms with E-state index in [0.717, 1.165) is 11.3 Å². The van der Waals surface area contributed by atoms with Crippen LogP contribution in [0.3, 0.4) is 0 Å². The van der Waals surface area contributed by atoms with Crippen molar-refractivity contribution in [2.75, 3.05) is 7.11 Å². The molecule has 0 N–H and O–H groups in total. The first-order valence-electron chi connectivity index (χ1n) is 4.99. The molecule has 2 heterocycles. The van der Waals surface area contributed by atoms with E-state index in [0.29, 0.717) is 5.75 Å². The van der Waals surface area contributed by atoms with Gasteiger partial charge in [-0.25, -0.2) is 4.98 Å². The molecule has 0 bridgehead atoms. The van der Waals surface area contributed by atoms with E-state index < -0.39 is 23.3 Å². The van der Waals surface area contributed by atoms with E-state index >= 15 is 0 Å². The number of aromatic nitrogens is 2. The van der Waals surface area contributed by atoms with Gasteiger partial charge in [-0.1, -0.05) is 0 Å². The molecule has 2 rings (SSSR count). The zero-order valence-electron chi connectivity index (χ0n) is 9.58. The number of ether oxygens (including phenoxy) is 1. The molecule has 0 saturated heterocycles. The number of hydrogen-bond donors (Lipinski definition) is 0. The van der Waals surface area contributed by atoms with Crippen LogP contribution in [0, 0.1) is 0 Å². The number of Topliss-reactive ketones (excluding diaryl/α,β-unsaturated/α-hetero) is 1. The number of pyridine rings is 1. The van der Waals surface area contributed by atoms with Gasteiger partial charge in [0, 0.05) is 19.2 Å². The van der Waals surface area contributed by atoms with E-state index in [1.807, 2.05) is 0 Å². The Morgan fingerprint density at radius 1 is 1.44 bits per heavy atom. The van der Waals surface area contributed by atoms with Crippen molar-refractivity contribution in [2.45, 2.75) is 13.1 Å². The van der Waals surface area contributed by atoms with Crippen LogP contribution in [0.25, 0.3) is 5.65 Å². The Kier molecular flexibility index (Phi) is 2.76. The maximum Gasteiger partial charge on any atom is 0.435 e. The number of halogens is 3. The van der Waals surface area contributed by atoms with Gasteiger partial charge in [0.25, 0.3) is 0 Å². The van der Waals surface area contributed by atoms with Crippen LogP contribution in [-0.4, -0.2) is 22.3 Å². The largest absolute Gasteiger partial charge is 0.497 e. The Labute approximate surface area is 100 Å². The van der Waals surface area contributed by atoms with Crippen LogP contribution < -0.4 is 4.74 Å². The Morgan fingerprint density at radius 3 is 2.61 bits per heavy atom. The fourth-order valence-electron chi connectivity index (χ4n) is 1.69. The van der Waals surface area contributed by atoms with Gasteiger partial charge in [0.15, 0.2) is 11.5 Å². The molecule has 0 spiro atoms. The predicted octanol–water partition coefficient (Wildman–Crippen LogP) is 2.56. The minimum Gasteiger partial charge on any atom is -0.497 e. The van der Waals surface area contributed by atoms with Crippen molar-refractivity contribution < 1.29 is 22.7 Å². The molecule has 0 unspecified atom stereocenters. The van der Waals surface area contributed by atoms with Crippen molar-refractivity contribution in [3.05, 3.63) is 29.7 Å². The van der Waals surface area contributed by atoms with Gasteiger partial charge in [-0.15, -0.1) is 0 Å². The molecule has 0 atom stereocenters. The number of hydrogen-bond acceptors (Lipinski definition) is 3. The van der Waals surface area contributed by atoms with Gasteiger partial charge in [-0.05, 0) is 6.07 Å². The van der Waals surface area contributed by atoms with Crippen molar-refractivity contribution in [2.24, 2.45) is 0 Å². The van der Waals surface area contributed by atoms with Crippen LogP contribution >= 0.6 is 0 Å². The van der Waals surface area contributed by atoms with E-state index in [9.17, 15) is 18.0 Å². The van der Waals surface area contributed by atoms with Gasteiger partial charge < -0.3 is 4.74 Å². The molecule has 0 aromatic carbocycles. The first-order chi connectivity index (χ1) is 8.34. The van der Waals surface area contributed by atoms with Crippen LogP contribution in [0.5, 0.6) is 5.75 Å². The van der Waals surface area contributed by atoms with Crippen molar-refractivity contribution in [1.82, 2.24) is 9.38 Å². The molecule has 0 amide bonds. The SMILES string of the molecule is COc1ccn2c(C(C)=O)c(C(F)(F)F)nc2c1. The topological polar surface area (TPSA) is 43.6 Å². The number of fused-ring (bicyclic) bond motifs is 1. The summed E-state index contributed by atoms with van der Waals surface area (Å²) < 4.78 is 44.3. The molecule has 0 aliphatic rings. The summed E-state index contributed by atoms with van der Waals surface area (Å²) in [6.07, 6.45) is -3.34. The molecule has 7 heteroatoms. The highest BCUT2D eigenvalue weighted by Crippen LogP contribution is 2.32. The lowest BCUT2D eigenvalue weighted by Gasteiger charge is -2.04. The normalized spacial score (nSPS) is 11.8. The van der Waals surface area contributed by atoms with E-state index in [4.69, 9.17) is 4.74 Å². The third kappa shape index (κ3) is 1.92. The summed E-state index contributed by atoms with van der Waals surface area (Å²) in [6, 6.07) is 2.79. The molecule has 0 radical (unpaired) electrons. The van der Waals surface area contributed by atoms with Gasteiger partial charge in [0.05, 0.1) is 7.11 Å². The van der Waals surface area contributed by atoms with E-state index in [1.54, 1.807) is 0 Å². The van der Waals surface area contributed by atoms with Gasteiger partial charge in [-0.3, -0.25) is 9.20 Å². The Bertz CT molecular complexity index is 617. The minimum absolute atomic E-state index is 0.0203. The number of nitrogens with zero attached hydrogens (tertiary/aromatic N) is 2. The molecule has 96 valence electrons. The van der Waals surface area contributed by atoms with Gasteiger partial charge in [0.1, 0.15) is 17.1 Å². The lowest BCUT2D eigenvalue weighted by molar-refractivity contribution is -0.141. The fourth-order valence-corrected chi connectivity index (χ4v) is 1.69. The third-order valence-corrected chi connectivity index (χ3v) is 2.44. The number of carbonyl (C=O) groups is 1. The second kappa shape index (κ2) is 4.01. The molecule has 0 aliphatic heterocycles. The van der Waals surface area contributed by atoms with Gasteiger partial charge >= 0.3 is 6.18 Å². The van der Waals surface area contributed by atoms with Crippen molar-refractivity contribution in [3.63, 3.8) is 0 Å². The molecule has 4 nitrogen and oxygen atoms in total. The molecule has 0 aliphatic carbocycles. The summed E-state index contributed by atoms with van der Waals surface area (Å²) in [5.41, 5.74) is -1.63. The van der Waals surface area contributed by atoms with Crippen LogP contribution in [0.15, 0.2) is 18.3 Å². The molecule has 2 aromatic heterocycles. The van der Waals surface area contributed by atoms with E-state index in [1.165, 1.54) is 25.4 Å². The minimum atomic E-state index is -4.67. The number of carbonyl (C=O) groups excluding carboxylic acids is 1. The zero-order chi connectivity index (χ0) is 13.5. The Hall–Kier alpha value is -2.05. The lowest BCUT2D eigenvalue weighted by Crippen LogP contribution is -2.12. The predicted molar refractivity (Wildman–Crippen MR) is 56.8 cm³/mol. The first kappa shape index (κ1) is 12.4. The molecule has 2 aromatic rings. The third-order valence-electron chi connectivity index (χ3n) is 2.44. The first-order valence-corrected chi connectivity index (χ1v) is 4.99. The molecular formula is C11H9F3N2O2. The molecule has 0 fully saturated rings. The molecule has 18 heavy (non-hydrogen) atoms. The van der Waals surface area contributed by atoms with E-state index in [-0.39, 0.29) is 5.65 Å². The monoisotopic (exact) mass is 258 g/mol. The highest BCUT2D eigenvalue weighted by Gasteiger charge is 2.39. The summed E-state index contributed by atoms with van der Waals surface area (Å²) in [4.78, 5) is 14.8. The summed E-state index contributed by atoms with van der Waals surface area (Å²) in [5.74, 6) is -0.323. The zero-order valence-corrected chi connectivity index (χ0v) is 9.58. The lowest BCUT2D eigenvalue weighted by atomic mass is 10.2. The summed E-state index contributed by atoms with van der Waals surface area (Å²) in [7, 11) is 1.39. The number of imidazole rings is 1. The summed E-state index contributed by atoms with van der Waals surface area (Å²) in [5, 5.41) is 0. The number of rotatable bonds is 2. The Balaban J connectivity index is 2.79. The van der Waals surface area contributed by atoms with E-state index in [2.05, 4.69) is 4.98 Å².